The van der Waals surface area contributed by atoms with E-state index in [-0.39, 0.29) is 11.1 Å². The summed E-state index contributed by atoms with van der Waals surface area (Å²) < 4.78 is 0. The first-order valence-electron chi connectivity index (χ1n) is 14.7. The predicted octanol–water partition coefficient (Wildman–Crippen LogP) is 9.70. The molecule has 45 heavy (non-hydrogen) atoms. The molecule has 0 spiro atoms. The fourth-order valence-corrected chi connectivity index (χ4v) is 7.64. The Balaban J connectivity index is 1.39. The number of aromatic nitrogens is 2. The molecule has 1 aliphatic carbocycles. The van der Waals surface area contributed by atoms with Crippen molar-refractivity contribution in [3.05, 3.63) is 117 Å². The number of fused-ring (bicyclic) bond motifs is 1. The van der Waals surface area contributed by atoms with Crippen LogP contribution in [-0.4, -0.2) is 21.1 Å². The van der Waals surface area contributed by atoms with Crippen molar-refractivity contribution >= 4 is 40.0 Å². The summed E-state index contributed by atoms with van der Waals surface area (Å²) in [4.78, 5) is 27.8. The van der Waals surface area contributed by atoms with Crippen LogP contribution in [0.2, 0.25) is 0 Å². The second-order valence-corrected chi connectivity index (χ2v) is 14.2. The van der Waals surface area contributed by atoms with Crippen LogP contribution in [0.5, 0.6) is 0 Å². The van der Waals surface area contributed by atoms with Crippen molar-refractivity contribution in [1.29, 1.82) is 5.26 Å². The van der Waals surface area contributed by atoms with Gasteiger partial charge in [-0.05, 0) is 60.1 Å². The number of nitrogens with zero attached hydrogens (tertiary/aromatic N) is 5. The average molecular weight is 630 g/mol. The molecule has 0 amide bonds. The van der Waals surface area contributed by atoms with Gasteiger partial charge in [0.2, 0.25) is 0 Å². The van der Waals surface area contributed by atoms with Crippen molar-refractivity contribution in [3.63, 3.8) is 0 Å². The summed E-state index contributed by atoms with van der Waals surface area (Å²) in [5, 5.41) is 23.0. The van der Waals surface area contributed by atoms with Gasteiger partial charge in [-0.25, -0.2) is 15.0 Å². The molecule has 0 saturated carbocycles. The third-order valence-electron chi connectivity index (χ3n) is 8.15. The lowest BCUT2D eigenvalue weighted by atomic mass is 9.72. The van der Waals surface area contributed by atoms with Gasteiger partial charge < -0.3 is 0 Å². The highest BCUT2D eigenvalue weighted by Gasteiger charge is 2.32. The molecule has 0 unspecified atom stereocenters. The third kappa shape index (κ3) is 6.72. The lowest BCUT2D eigenvalue weighted by Crippen LogP contribution is -2.26. The van der Waals surface area contributed by atoms with Gasteiger partial charge in [0.1, 0.15) is 11.1 Å². The van der Waals surface area contributed by atoms with Crippen LogP contribution in [0.25, 0.3) is 22.5 Å². The maximum absolute atomic E-state index is 11.7. The van der Waals surface area contributed by atoms with Crippen molar-refractivity contribution in [1.82, 2.24) is 9.97 Å². The summed E-state index contributed by atoms with van der Waals surface area (Å²) in [6, 6.07) is 28.9. The SMILES string of the molecule is CC(C)(C)[C@H]1CCc2c(sc(N=Cc3cc([N+](=O)[O-])ccc3Sc3nc(-c4ccccc4)cc(-c4ccccc4)n3)c2C#N)C1. The summed E-state index contributed by atoms with van der Waals surface area (Å²) in [6.07, 6.45) is 4.48. The van der Waals surface area contributed by atoms with Crippen LogP contribution in [0, 0.1) is 32.8 Å². The van der Waals surface area contributed by atoms with Gasteiger partial charge in [0, 0.05) is 44.8 Å². The van der Waals surface area contributed by atoms with E-state index < -0.39 is 4.92 Å². The highest BCUT2D eigenvalue weighted by Crippen LogP contribution is 2.45. The van der Waals surface area contributed by atoms with Crippen LogP contribution in [0.4, 0.5) is 10.7 Å². The fourth-order valence-electron chi connectivity index (χ4n) is 5.57. The van der Waals surface area contributed by atoms with Gasteiger partial charge in [-0.2, -0.15) is 5.26 Å². The van der Waals surface area contributed by atoms with Gasteiger partial charge in [-0.1, -0.05) is 81.4 Å². The molecule has 0 radical (unpaired) electrons. The summed E-state index contributed by atoms with van der Waals surface area (Å²) in [5.41, 5.74) is 5.91. The molecule has 0 fully saturated rings. The normalized spacial score (nSPS) is 14.7. The zero-order chi connectivity index (χ0) is 31.6. The van der Waals surface area contributed by atoms with Gasteiger partial charge in [0.15, 0.2) is 5.16 Å². The number of thiophene rings is 1. The number of nitro groups is 1. The Hall–Kier alpha value is -4.65. The summed E-state index contributed by atoms with van der Waals surface area (Å²) in [6.45, 7) is 6.80. The van der Waals surface area contributed by atoms with Crippen molar-refractivity contribution in [2.75, 3.05) is 0 Å². The largest absolute Gasteiger partial charge is 0.270 e. The number of nitriles is 1. The van der Waals surface area contributed by atoms with Crippen LogP contribution in [-0.2, 0) is 12.8 Å². The van der Waals surface area contributed by atoms with Gasteiger partial charge in [0.25, 0.3) is 5.69 Å². The molecule has 2 heterocycles. The molecule has 1 aliphatic rings. The number of aliphatic imine (C=N–C) groups is 1. The van der Waals surface area contributed by atoms with Crippen LogP contribution >= 0.6 is 23.1 Å². The first kappa shape index (κ1) is 30.4. The smallest absolute Gasteiger partial charge is 0.258 e. The molecule has 7 nitrogen and oxygen atoms in total. The minimum Gasteiger partial charge on any atom is -0.258 e. The molecule has 0 aliphatic heterocycles. The molecular formula is C36H31N5O2S2. The minimum absolute atomic E-state index is 0.0382. The van der Waals surface area contributed by atoms with Gasteiger partial charge in [-0.3, -0.25) is 10.1 Å². The quantitative estimate of drug-likeness (QED) is 0.0768. The van der Waals surface area contributed by atoms with E-state index in [1.54, 1.807) is 23.6 Å². The van der Waals surface area contributed by atoms with Gasteiger partial charge in [-0.15, -0.1) is 11.3 Å². The summed E-state index contributed by atoms with van der Waals surface area (Å²) in [7, 11) is 0. The Morgan fingerprint density at radius 3 is 2.22 bits per heavy atom. The lowest BCUT2D eigenvalue weighted by molar-refractivity contribution is -0.384. The molecule has 224 valence electrons. The Bertz CT molecular complexity index is 1880. The zero-order valence-electron chi connectivity index (χ0n) is 25.2. The number of hydrogen-bond acceptors (Lipinski definition) is 8. The molecule has 0 bridgehead atoms. The molecule has 3 aromatic carbocycles. The van der Waals surface area contributed by atoms with Crippen molar-refractivity contribution in [3.8, 4) is 28.6 Å². The first-order valence-corrected chi connectivity index (χ1v) is 16.4. The Labute approximate surface area is 270 Å². The van der Waals surface area contributed by atoms with E-state index in [1.165, 1.54) is 28.8 Å². The standard InChI is InChI=1S/C36H31N5O2S2/c1-36(2,3)26-14-16-28-29(21-37)34(44-33(28)19-26)38-22-25-18-27(41(42)43)15-17-32(25)45-35-39-30(23-10-6-4-7-11-23)20-31(40-35)24-12-8-5-9-13-24/h4-13,15,17-18,20,22,26H,14,16,19H2,1-3H3/t26-/m0/s1. The van der Waals surface area contributed by atoms with Gasteiger partial charge >= 0.3 is 0 Å². The monoisotopic (exact) mass is 629 g/mol. The molecule has 9 heteroatoms. The van der Waals surface area contributed by atoms with Crippen LogP contribution in [0.1, 0.15) is 48.8 Å². The maximum Gasteiger partial charge on any atom is 0.270 e. The fraction of sp³-hybridized carbons (Fsp3) is 0.222. The molecular weight excluding hydrogens is 599 g/mol. The highest BCUT2D eigenvalue weighted by molar-refractivity contribution is 7.99. The molecule has 0 saturated heterocycles. The summed E-state index contributed by atoms with van der Waals surface area (Å²) >= 11 is 2.89. The Morgan fingerprint density at radius 2 is 1.64 bits per heavy atom. The highest BCUT2D eigenvalue weighted by atomic mass is 32.2. The van der Waals surface area contributed by atoms with Crippen LogP contribution in [0.3, 0.4) is 0 Å². The molecule has 0 N–H and O–H groups in total. The van der Waals surface area contributed by atoms with Crippen molar-refractivity contribution in [2.24, 2.45) is 16.3 Å². The maximum atomic E-state index is 11.7. The number of nitro benzene ring substituents is 1. The van der Waals surface area contributed by atoms with E-state index >= 15 is 0 Å². The topological polar surface area (TPSA) is 105 Å². The molecule has 1 atom stereocenters. The van der Waals surface area contributed by atoms with E-state index in [0.717, 1.165) is 52.2 Å². The first-order chi connectivity index (χ1) is 21.7. The zero-order valence-corrected chi connectivity index (χ0v) is 26.9. The number of benzene rings is 3. The van der Waals surface area contributed by atoms with Crippen molar-refractivity contribution < 1.29 is 4.92 Å². The van der Waals surface area contributed by atoms with Crippen LogP contribution < -0.4 is 0 Å². The minimum atomic E-state index is -0.414. The second-order valence-electron chi connectivity index (χ2n) is 12.1. The van der Waals surface area contributed by atoms with E-state index in [1.807, 2.05) is 66.7 Å². The number of hydrogen-bond donors (Lipinski definition) is 0. The van der Waals surface area contributed by atoms with E-state index in [4.69, 9.17) is 15.0 Å². The summed E-state index contributed by atoms with van der Waals surface area (Å²) in [5.74, 6) is 0.541. The number of non-ortho nitro benzene ring substituents is 1. The van der Waals surface area contributed by atoms with E-state index in [2.05, 4.69) is 26.8 Å². The predicted molar refractivity (Wildman–Crippen MR) is 181 cm³/mol. The average Bonchev–Trinajstić information content (AvgIpc) is 3.41. The Morgan fingerprint density at radius 1 is 1.00 bits per heavy atom. The van der Waals surface area contributed by atoms with Gasteiger partial charge in [0.05, 0.1) is 21.9 Å². The molecule has 5 aromatic rings. The molecule has 6 rings (SSSR count). The van der Waals surface area contributed by atoms with Crippen LogP contribution in [0.15, 0.2) is 100.0 Å². The third-order valence-corrected chi connectivity index (χ3v) is 10.3. The van der Waals surface area contributed by atoms with E-state index in [9.17, 15) is 15.4 Å². The second kappa shape index (κ2) is 12.8. The number of rotatable bonds is 7. The Kier molecular flexibility index (Phi) is 8.61. The lowest BCUT2D eigenvalue weighted by Gasteiger charge is -2.33. The van der Waals surface area contributed by atoms with E-state index in [0.29, 0.717) is 27.2 Å². The molecule has 2 aromatic heterocycles. The van der Waals surface area contributed by atoms with Crippen molar-refractivity contribution in [2.45, 2.75) is 50.1 Å².